The lowest BCUT2D eigenvalue weighted by molar-refractivity contribution is -0.117. The fraction of sp³-hybridized carbons (Fsp3) is 0.214. The minimum atomic E-state index is -0.0831. The first kappa shape index (κ1) is 12.3. The first-order valence-corrected chi connectivity index (χ1v) is 7.34. The van der Waals surface area contributed by atoms with Crippen LogP contribution >= 0.6 is 11.8 Å². The van der Waals surface area contributed by atoms with Crippen molar-refractivity contribution in [1.82, 2.24) is 9.88 Å². The Morgan fingerprint density at radius 2 is 2.16 bits per heavy atom. The molecule has 2 N–H and O–H groups in total. The number of aromatic nitrogens is 1. The number of carbonyl (C=O) groups is 1. The van der Waals surface area contributed by atoms with E-state index < -0.39 is 0 Å². The number of thioether (sulfide) groups is 1. The average Bonchev–Trinajstić information content (AvgIpc) is 3.13. The van der Waals surface area contributed by atoms with Crippen molar-refractivity contribution in [1.29, 1.82) is 0 Å². The lowest BCUT2D eigenvalue weighted by atomic mass is 10.2. The van der Waals surface area contributed by atoms with E-state index in [1.165, 1.54) is 0 Å². The van der Waals surface area contributed by atoms with E-state index in [1.54, 1.807) is 11.8 Å². The van der Waals surface area contributed by atoms with Gasteiger partial charge in [0.1, 0.15) is 0 Å². The predicted molar refractivity (Wildman–Crippen MR) is 78.6 cm³/mol. The van der Waals surface area contributed by atoms with Crippen molar-refractivity contribution in [3.05, 3.63) is 48.8 Å². The Bertz CT molecular complexity index is 562. The van der Waals surface area contributed by atoms with Crippen LogP contribution in [0, 0.1) is 0 Å². The number of hydrogen-bond donors (Lipinski definition) is 2. The highest BCUT2D eigenvalue weighted by Crippen LogP contribution is 2.16. The van der Waals surface area contributed by atoms with E-state index >= 15 is 0 Å². The molecular formula is C14H15N3OS. The van der Waals surface area contributed by atoms with E-state index in [0.717, 1.165) is 23.0 Å². The second-order valence-electron chi connectivity index (χ2n) is 4.40. The number of rotatable bonds is 3. The summed E-state index contributed by atoms with van der Waals surface area (Å²) < 4.78 is 2.01. The number of amides is 1. The molecule has 4 nitrogen and oxygen atoms in total. The van der Waals surface area contributed by atoms with Crippen LogP contribution in [0.15, 0.2) is 48.8 Å². The van der Waals surface area contributed by atoms with E-state index in [1.807, 2.05) is 53.4 Å². The monoisotopic (exact) mass is 273 g/mol. The first-order chi connectivity index (χ1) is 9.33. The molecule has 1 aromatic carbocycles. The molecule has 0 radical (unpaired) electrons. The van der Waals surface area contributed by atoms with Crippen LogP contribution in [0.2, 0.25) is 0 Å². The average molecular weight is 273 g/mol. The maximum Gasteiger partial charge on any atom is 0.242 e. The van der Waals surface area contributed by atoms with E-state index in [0.29, 0.717) is 0 Å². The van der Waals surface area contributed by atoms with Gasteiger partial charge in [0.15, 0.2) is 0 Å². The SMILES string of the molecule is O=C(Nc1cccc(-n2cccc2)c1)C1CSCN1. The number of anilines is 1. The minimum Gasteiger partial charge on any atom is -0.325 e. The van der Waals surface area contributed by atoms with Crippen molar-refractivity contribution in [2.45, 2.75) is 6.04 Å². The number of nitrogens with zero attached hydrogens (tertiary/aromatic N) is 1. The Morgan fingerprint density at radius 3 is 2.89 bits per heavy atom. The molecule has 5 heteroatoms. The third-order valence-electron chi connectivity index (χ3n) is 3.05. The molecule has 1 aliphatic heterocycles. The van der Waals surface area contributed by atoms with Gasteiger partial charge in [0.05, 0.1) is 6.04 Å². The highest BCUT2D eigenvalue weighted by Gasteiger charge is 2.22. The van der Waals surface area contributed by atoms with Gasteiger partial charge in [-0.05, 0) is 30.3 Å². The van der Waals surface area contributed by atoms with Gasteiger partial charge in [-0.25, -0.2) is 0 Å². The molecule has 3 rings (SSSR count). The smallest absolute Gasteiger partial charge is 0.242 e. The lowest BCUT2D eigenvalue weighted by Crippen LogP contribution is -2.37. The van der Waals surface area contributed by atoms with Gasteiger partial charge in [-0.2, -0.15) is 0 Å². The predicted octanol–water partition coefficient (Wildman–Crippen LogP) is 2.08. The molecule has 98 valence electrons. The van der Waals surface area contributed by atoms with Crippen LogP contribution in [0.25, 0.3) is 5.69 Å². The Kier molecular flexibility index (Phi) is 3.57. The number of nitrogens with one attached hydrogen (secondary N) is 2. The summed E-state index contributed by atoms with van der Waals surface area (Å²) in [4.78, 5) is 12.0. The van der Waals surface area contributed by atoms with Crippen LogP contribution in [-0.2, 0) is 4.79 Å². The molecule has 1 amide bonds. The highest BCUT2D eigenvalue weighted by atomic mass is 32.2. The molecule has 1 unspecified atom stereocenters. The van der Waals surface area contributed by atoms with Crippen LogP contribution in [0.4, 0.5) is 5.69 Å². The van der Waals surface area contributed by atoms with E-state index in [-0.39, 0.29) is 11.9 Å². The molecule has 1 aliphatic rings. The Labute approximate surface area is 116 Å². The summed E-state index contributed by atoms with van der Waals surface area (Å²) in [6, 6.07) is 11.7. The van der Waals surface area contributed by atoms with Gasteiger partial charge in [0.2, 0.25) is 5.91 Å². The zero-order chi connectivity index (χ0) is 13.1. The van der Waals surface area contributed by atoms with Crippen LogP contribution in [0.1, 0.15) is 0 Å². The molecule has 1 fully saturated rings. The lowest BCUT2D eigenvalue weighted by Gasteiger charge is -2.11. The summed E-state index contributed by atoms with van der Waals surface area (Å²) in [6.07, 6.45) is 3.96. The molecule has 1 aromatic heterocycles. The van der Waals surface area contributed by atoms with Crippen molar-refractivity contribution in [2.75, 3.05) is 16.9 Å². The maximum absolute atomic E-state index is 12.0. The molecule has 1 saturated heterocycles. The van der Waals surface area contributed by atoms with Gasteiger partial charge in [-0.15, -0.1) is 11.8 Å². The molecule has 19 heavy (non-hydrogen) atoms. The summed E-state index contributed by atoms with van der Waals surface area (Å²) in [5.41, 5.74) is 1.87. The zero-order valence-corrected chi connectivity index (χ0v) is 11.2. The maximum atomic E-state index is 12.0. The van der Waals surface area contributed by atoms with E-state index in [4.69, 9.17) is 0 Å². The molecule has 0 aliphatic carbocycles. The van der Waals surface area contributed by atoms with Gasteiger partial charge in [0, 0.05) is 35.4 Å². The second-order valence-corrected chi connectivity index (χ2v) is 5.43. The van der Waals surface area contributed by atoms with Gasteiger partial charge in [-0.3, -0.25) is 10.1 Å². The Balaban J connectivity index is 1.74. The molecule has 0 bridgehead atoms. The highest BCUT2D eigenvalue weighted by molar-refractivity contribution is 7.99. The van der Waals surface area contributed by atoms with Crippen molar-refractivity contribution in [3.8, 4) is 5.69 Å². The quantitative estimate of drug-likeness (QED) is 0.900. The fourth-order valence-corrected chi connectivity index (χ4v) is 2.99. The molecule has 1 atom stereocenters. The first-order valence-electron chi connectivity index (χ1n) is 6.18. The number of hydrogen-bond acceptors (Lipinski definition) is 3. The standard InChI is InChI=1S/C14H15N3OS/c18-14(13-9-19-10-15-13)16-11-4-3-5-12(8-11)17-6-1-2-7-17/h1-8,13,15H,9-10H2,(H,16,18). The third-order valence-corrected chi connectivity index (χ3v) is 3.99. The normalized spacial score (nSPS) is 18.4. The van der Waals surface area contributed by atoms with Gasteiger partial charge >= 0.3 is 0 Å². The Hall–Kier alpha value is -1.72. The fourth-order valence-electron chi connectivity index (χ4n) is 2.04. The van der Waals surface area contributed by atoms with Crippen molar-refractivity contribution < 1.29 is 4.79 Å². The summed E-state index contributed by atoms with van der Waals surface area (Å²) in [7, 11) is 0. The van der Waals surface area contributed by atoms with E-state index in [2.05, 4.69) is 10.6 Å². The van der Waals surface area contributed by atoms with Gasteiger partial charge in [-0.1, -0.05) is 6.07 Å². The Morgan fingerprint density at radius 1 is 1.32 bits per heavy atom. The molecule has 2 aromatic rings. The largest absolute Gasteiger partial charge is 0.325 e. The van der Waals surface area contributed by atoms with Gasteiger partial charge < -0.3 is 9.88 Å². The van der Waals surface area contributed by atoms with Crippen LogP contribution < -0.4 is 10.6 Å². The summed E-state index contributed by atoms with van der Waals surface area (Å²) >= 11 is 1.75. The van der Waals surface area contributed by atoms with Crippen LogP contribution in [0.3, 0.4) is 0 Å². The third kappa shape index (κ3) is 2.83. The minimum absolute atomic E-state index is 0.0367. The number of benzene rings is 1. The molecule has 0 saturated carbocycles. The van der Waals surface area contributed by atoms with Gasteiger partial charge in [0.25, 0.3) is 0 Å². The molecule has 0 spiro atoms. The van der Waals surface area contributed by atoms with Crippen molar-refractivity contribution >= 4 is 23.4 Å². The zero-order valence-electron chi connectivity index (χ0n) is 10.4. The summed E-state index contributed by atoms with van der Waals surface area (Å²) in [5, 5.41) is 6.12. The summed E-state index contributed by atoms with van der Waals surface area (Å²) in [5.74, 6) is 1.72. The van der Waals surface area contributed by atoms with Crippen molar-refractivity contribution in [3.63, 3.8) is 0 Å². The topological polar surface area (TPSA) is 46.1 Å². The second kappa shape index (κ2) is 5.50. The summed E-state index contributed by atoms with van der Waals surface area (Å²) in [6.45, 7) is 0. The number of carbonyl (C=O) groups excluding carboxylic acids is 1. The van der Waals surface area contributed by atoms with Crippen molar-refractivity contribution in [2.24, 2.45) is 0 Å². The molecule has 2 heterocycles. The van der Waals surface area contributed by atoms with Crippen LogP contribution in [0.5, 0.6) is 0 Å². The molecular weight excluding hydrogens is 258 g/mol. The van der Waals surface area contributed by atoms with Crippen LogP contribution in [-0.4, -0.2) is 28.1 Å². The van der Waals surface area contributed by atoms with E-state index in [9.17, 15) is 4.79 Å².